The zero-order valence-corrected chi connectivity index (χ0v) is 14.0. The molecule has 1 fully saturated rings. The fourth-order valence-corrected chi connectivity index (χ4v) is 3.35. The van der Waals surface area contributed by atoms with E-state index in [1.54, 1.807) is 0 Å². The Kier molecular flexibility index (Phi) is 5.74. The summed E-state index contributed by atoms with van der Waals surface area (Å²) >= 11 is 12.3. The van der Waals surface area contributed by atoms with E-state index in [4.69, 9.17) is 23.2 Å². The van der Waals surface area contributed by atoms with Crippen molar-refractivity contribution in [1.29, 1.82) is 0 Å². The van der Waals surface area contributed by atoms with Crippen LogP contribution in [0.2, 0.25) is 10.0 Å². The van der Waals surface area contributed by atoms with Crippen LogP contribution in [0, 0.1) is 5.92 Å². The van der Waals surface area contributed by atoms with E-state index in [9.17, 15) is 0 Å². The van der Waals surface area contributed by atoms with Crippen LogP contribution in [0.4, 0.5) is 0 Å². The van der Waals surface area contributed by atoms with Crippen molar-refractivity contribution in [2.75, 3.05) is 13.1 Å². The number of nitrogens with one attached hydrogen (secondary N) is 1. The van der Waals surface area contributed by atoms with E-state index in [1.807, 2.05) is 18.2 Å². The van der Waals surface area contributed by atoms with E-state index in [0.717, 1.165) is 31.1 Å². The molecule has 1 heterocycles. The van der Waals surface area contributed by atoms with Crippen LogP contribution >= 0.6 is 23.2 Å². The highest BCUT2D eigenvalue weighted by molar-refractivity contribution is 6.35. The lowest BCUT2D eigenvalue weighted by molar-refractivity contribution is 0.0901. The fraction of sp³-hybridized carbons (Fsp3) is 0.625. The standard InChI is InChI=1S/C16H24Cl2N2/c1-4-14-10-20(16(8-19-14)11(2)3)9-12-5-6-13(17)7-15(12)18/h5-7,11,14,16,19H,4,8-10H2,1-3H3. The van der Waals surface area contributed by atoms with Crippen LogP contribution in [0.5, 0.6) is 0 Å². The molecule has 1 aromatic carbocycles. The lowest BCUT2D eigenvalue weighted by Crippen LogP contribution is -2.57. The van der Waals surface area contributed by atoms with Gasteiger partial charge in [-0.1, -0.05) is 50.0 Å². The molecule has 4 heteroatoms. The quantitative estimate of drug-likeness (QED) is 0.896. The molecule has 0 saturated carbocycles. The number of benzene rings is 1. The van der Waals surface area contributed by atoms with Gasteiger partial charge in [-0.3, -0.25) is 4.90 Å². The van der Waals surface area contributed by atoms with Gasteiger partial charge in [0.25, 0.3) is 0 Å². The first kappa shape index (κ1) is 16.1. The van der Waals surface area contributed by atoms with Crippen molar-refractivity contribution in [2.24, 2.45) is 5.92 Å². The van der Waals surface area contributed by atoms with Gasteiger partial charge in [0.15, 0.2) is 0 Å². The molecule has 2 nitrogen and oxygen atoms in total. The molecule has 1 saturated heterocycles. The van der Waals surface area contributed by atoms with Crippen LogP contribution in [0.25, 0.3) is 0 Å². The summed E-state index contributed by atoms with van der Waals surface area (Å²) in [6, 6.07) is 6.95. The zero-order chi connectivity index (χ0) is 14.7. The first-order valence-corrected chi connectivity index (χ1v) is 8.18. The molecular weight excluding hydrogens is 291 g/mol. The summed E-state index contributed by atoms with van der Waals surface area (Å²) in [4.78, 5) is 2.56. The van der Waals surface area contributed by atoms with Gasteiger partial charge in [0.2, 0.25) is 0 Å². The first-order chi connectivity index (χ1) is 9.51. The highest BCUT2D eigenvalue weighted by Gasteiger charge is 2.29. The summed E-state index contributed by atoms with van der Waals surface area (Å²) in [6.07, 6.45) is 1.16. The van der Waals surface area contributed by atoms with Crippen molar-refractivity contribution >= 4 is 23.2 Å². The Labute approximate surface area is 132 Å². The lowest BCUT2D eigenvalue weighted by atomic mass is 9.97. The molecule has 0 aromatic heterocycles. The van der Waals surface area contributed by atoms with Gasteiger partial charge < -0.3 is 5.32 Å². The minimum absolute atomic E-state index is 0.560. The number of hydrogen-bond acceptors (Lipinski definition) is 2. The third kappa shape index (κ3) is 3.88. The largest absolute Gasteiger partial charge is 0.311 e. The second kappa shape index (κ2) is 7.13. The van der Waals surface area contributed by atoms with Gasteiger partial charge in [0.1, 0.15) is 0 Å². The predicted molar refractivity (Wildman–Crippen MR) is 87.6 cm³/mol. The van der Waals surface area contributed by atoms with Crippen molar-refractivity contribution in [3.63, 3.8) is 0 Å². The molecular formula is C16H24Cl2N2. The molecule has 2 atom stereocenters. The number of nitrogens with zero attached hydrogens (tertiary/aromatic N) is 1. The summed E-state index contributed by atoms with van der Waals surface area (Å²) in [5.41, 5.74) is 1.17. The van der Waals surface area contributed by atoms with E-state index in [1.165, 1.54) is 5.56 Å². The van der Waals surface area contributed by atoms with Crippen molar-refractivity contribution in [1.82, 2.24) is 10.2 Å². The highest BCUT2D eigenvalue weighted by atomic mass is 35.5. The predicted octanol–water partition coefficient (Wildman–Crippen LogP) is 4.20. The number of halogens is 2. The van der Waals surface area contributed by atoms with Gasteiger partial charge >= 0.3 is 0 Å². The highest BCUT2D eigenvalue weighted by Crippen LogP contribution is 2.25. The molecule has 0 bridgehead atoms. The first-order valence-electron chi connectivity index (χ1n) is 7.42. The number of rotatable bonds is 4. The van der Waals surface area contributed by atoms with Crippen LogP contribution in [-0.4, -0.2) is 30.1 Å². The molecule has 1 aliphatic heterocycles. The molecule has 2 rings (SSSR count). The molecule has 0 aliphatic carbocycles. The van der Waals surface area contributed by atoms with Crippen molar-refractivity contribution in [3.05, 3.63) is 33.8 Å². The number of hydrogen-bond donors (Lipinski definition) is 1. The Morgan fingerprint density at radius 1 is 1.35 bits per heavy atom. The SMILES string of the molecule is CCC1CN(Cc2ccc(Cl)cc2Cl)C(C(C)C)CN1. The Balaban J connectivity index is 2.14. The van der Waals surface area contributed by atoms with Crippen molar-refractivity contribution in [2.45, 2.75) is 45.8 Å². The lowest BCUT2D eigenvalue weighted by Gasteiger charge is -2.42. The molecule has 0 radical (unpaired) electrons. The Bertz CT molecular complexity index is 448. The second-order valence-corrected chi connectivity index (χ2v) is 6.83. The van der Waals surface area contributed by atoms with Crippen LogP contribution in [0.3, 0.4) is 0 Å². The third-order valence-electron chi connectivity index (χ3n) is 4.19. The van der Waals surface area contributed by atoms with E-state index in [2.05, 4.69) is 31.0 Å². The van der Waals surface area contributed by atoms with Gasteiger partial charge in [-0.25, -0.2) is 0 Å². The molecule has 20 heavy (non-hydrogen) atoms. The molecule has 112 valence electrons. The summed E-state index contributed by atoms with van der Waals surface area (Å²) < 4.78 is 0. The summed E-state index contributed by atoms with van der Waals surface area (Å²) in [6.45, 7) is 9.85. The van der Waals surface area contributed by atoms with E-state index < -0.39 is 0 Å². The smallest absolute Gasteiger partial charge is 0.0465 e. The Morgan fingerprint density at radius 3 is 2.70 bits per heavy atom. The Hall–Kier alpha value is -0.280. The summed E-state index contributed by atoms with van der Waals surface area (Å²) in [7, 11) is 0. The summed E-state index contributed by atoms with van der Waals surface area (Å²) in [5, 5.41) is 5.11. The minimum atomic E-state index is 0.560. The topological polar surface area (TPSA) is 15.3 Å². The van der Waals surface area contributed by atoms with Gasteiger partial charge in [-0.15, -0.1) is 0 Å². The average molecular weight is 315 g/mol. The van der Waals surface area contributed by atoms with Crippen LogP contribution in [-0.2, 0) is 6.54 Å². The van der Waals surface area contributed by atoms with Crippen LogP contribution < -0.4 is 5.32 Å². The third-order valence-corrected chi connectivity index (χ3v) is 4.78. The van der Waals surface area contributed by atoms with Gasteiger partial charge in [-0.2, -0.15) is 0 Å². The second-order valence-electron chi connectivity index (χ2n) is 5.99. The normalized spacial score (nSPS) is 24.3. The molecule has 1 N–H and O–H groups in total. The maximum atomic E-state index is 6.32. The molecule has 0 amide bonds. The van der Waals surface area contributed by atoms with Crippen LogP contribution in [0.15, 0.2) is 18.2 Å². The van der Waals surface area contributed by atoms with Crippen LogP contribution in [0.1, 0.15) is 32.8 Å². The minimum Gasteiger partial charge on any atom is -0.311 e. The van der Waals surface area contributed by atoms with Crippen molar-refractivity contribution in [3.8, 4) is 0 Å². The fourth-order valence-electron chi connectivity index (χ4n) is 2.88. The molecule has 1 aromatic rings. The van der Waals surface area contributed by atoms with Crippen molar-refractivity contribution < 1.29 is 0 Å². The molecule has 0 spiro atoms. The number of piperazine rings is 1. The monoisotopic (exact) mass is 314 g/mol. The van der Waals surface area contributed by atoms with Gasteiger partial charge in [0.05, 0.1) is 0 Å². The summed E-state index contributed by atoms with van der Waals surface area (Å²) in [5.74, 6) is 0.631. The van der Waals surface area contributed by atoms with E-state index in [-0.39, 0.29) is 0 Å². The maximum Gasteiger partial charge on any atom is 0.0465 e. The molecule has 2 unspecified atom stereocenters. The maximum absolute atomic E-state index is 6.32. The molecule has 1 aliphatic rings. The van der Waals surface area contributed by atoms with Gasteiger partial charge in [-0.05, 0) is 30.0 Å². The zero-order valence-electron chi connectivity index (χ0n) is 12.5. The Morgan fingerprint density at radius 2 is 2.10 bits per heavy atom. The van der Waals surface area contributed by atoms with E-state index in [0.29, 0.717) is 23.0 Å². The average Bonchev–Trinajstić information content (AvgIpc) is 2.41. The van der Waals surface area contributed by atoms with Gasteiger partial charge in [0, 0.05) is 41.8 Å². The van der Waals surface area contributed by atoms with E-state index >= 15 is 0 Å².